The topological polar surface area (TPSA) is 30.3 Å². The van der Waals surface area contributed by atoms with Gasteiger partial charge in [-0.25, -0.2) is 0 Å². The fourth-order valence-electron chi connectivity index (χ4n) is 3.67. The van der Waals surface area contributed by atoms with Crippen LogP contribution in [0.25, 0.3) is 0 Å². The van der Waals surface area contributed by atoms with Crippen molar-refractivity contribution in [1.29, 1.82) is 5.26 Å². The first-order valence-electron chi connectivity index (χ1n) is 7.80. The Balaban J connectivity index is 1.65. The zero-order valence-corrected chi connectivity index (χ0v) is 12.1. The maximum absolute atomic E-state index is 9.67. The second-order valence-corrected chi connectivity index (χ2v) is 6.01. The van der Waals surface area contributed by atoms with E-state index in [1.807, 2.05) is 0 Å². The quantitative estimate of drug-likeness (QED) is 0.826. The monoisotopic (exact) mass is 269 g/mol. The SMILES string of the molecule is N#CC1(N2CCN(c3ccccc3)CC2)CCCCC1. The lowest BCUT2D eigenvalue weighted by Crippen LogP contribution is -2.57. The zero-order valence-electron chi connectivity index (χ0n) is 12.1. The lowest BCUT2D eigenvalue weighted by molar-refractivity contribution is 0.0913. The van der Waals surface area contributed by atoms with Gasteiger partial charge >= 0.3 is 0 Å². The molecule has 0 N–H and O–H groups in total. The third-order valence-electron chi connectivity index (χ3n) is 4.90. The van der Waals surface area contributed by atoms with Crippen LogP contribution in [0.5, 0.6) is 0 Å². The highest BCUT2D eigenvalue weighted by atomic mass is 15.3. The summed E-state index contributed by atoms with van der Waals surface area (Å²) in [5, 5.41) is 9.67. The molecule has 1 saturated carbocycles. The average molecular weight is 269 g/mol. The van der Waals surface area contributed by atoms with Gasteiger partial charge in [-0.2, -0.15) is 5.26 Å². The molecular formula is C17H23N3. The van der Waals surface area contributed by atoms with E-state index in [2.05, 4.69) is 46.2 Å². The molecule has 1 saturated heterocycles. The lowest BCUT2D eigenvalue weighted by atomic mass is 9.81. The molecule has 2 fully saturated rings. The van der Waals surface area contributed by atoms with E-state index in [1.54, 1.807) is 0 Å². The van der Waals surface area contributed by atoms with Crippen LogP contribution in [0.1, 0.15) is 32.1 Å². The van der Waals surface area contributed by atoms with Crippen LogP contribution in [-0.4, -0.2) is 36.6 Å². The number of hydrogen-bond donors (Lipinski definition) is 0. The Bertz CT molecular complexity index is 463. The van der Waals surface area contributed by atoms with Crippen molar-refractivity contribution in [3.05, 3.63) is 30.3 Å². The number of rotatable bonds is 2. The van der Waals surface area contributed by atoms with Gasteiger partial charge in [-0.05, 0) is 25.0 Å². The Kier molecular flexibility index (Phi) is 3.93. The number of para-hydroxylation sites is 1. The Morgan fingerprint density at radius 3 is 2.15 bits per heavy atom. The third kappa shape index (κ3) is 2.53. The van der Waals surface area contributed by atoms with Gasteiger partial charge in [-0.3, -0.25) is 4.90 Å². The predicted molar refractivity (Wildman–Crippen MR) is 81.7 cm³/mol. The first-order valence-corrected chi connectivity index (χ1v) is 7.80. The summed E-state index contributed by atoms with van der Waals surface area (Å²) >= 11 is 0. The van der Waals surface area contributed by atoms with Crippen LogP contribution in [0, 0.1) is 11.3 Å². The van der Waals surface area contributed by atoms with Gasteiger partial charge in [0.15, 0.2) is 0 Å². The second-order valence-electron chi connectivity index (χ2n) is 6.01. The summed E-state index contributed by atoms with van der Waals surface area (Å²) in [5.41, 5.74) is 1.14. The van der Waals surface area contributed by atoms with Crippen LogP contribution in [0.2, 0.25) is 0 Å². The van der Waals surface area contributed by atoms with Gasteiger partial charge in [0.25, 0.3) is 0 Å². The van der Waals surface area contributed by atoms with E-state index in [-0.39, 0.29) is 5.54 Å². The summed E-state index contributed by atoms with van der Waals surface area (Å²) in [7, 11) is 0. The minimum atomic E-state index is -0.166. The third-order valence-corrected chi connectivity index (χ3v) is 4.90. The summed E-state index contributed by atoms with van der Waals surface area (Å²) in [6.07, 6.45) is 5.86. The molecule has 1 aromatic carbocycles. The number of nitriles is 1. The van der Waals surface area contributed by atoms with Crippen molar-refractivity contribution in [2.45, 2.75) is 37.6 Å². The predicted octanol–water partition coefficient (Wildman–Crippen LogP) is 3.04. The standard InChI is InChI=1S/C17H23N3/c18-15-17(9-5-2-6-10-17)20-13-11-19(12-14-20)16-7-3-1-4-8-16/h1,3-4,7-8H,2,5-6,9-14H2. The highest BCUT2D eigenvalue weighted by Gasteiger charge is 2.39. The molecule has 106 valence electrons. The summed E-state index contributed by atoms with van der Waals surface area (Å²) in [4.78, 5) is 4.88. The molecule has 2 aliphatic rings. The molecule has 0 amide bonds. The van der Waals surface area contributed by atoms with E-state index in [0.29, 0.717) is 0 Å². The molecule has 1 aliphatic heterocycles. The number of benzene rings is 1. The molecule has 1 aliphatic carbocycles. The van der Waals surface area contributed by atoms with Crippen molar-refractivity contribution >= 4 is 5.69 Å². The molecule has 0 unspecified atom stereocenters. The van der Waals surface area contributed by atoms with Crippen LogP contribution in [0.15, 0.2) is 30.3 Å². The van der Waals surface area contributed by atoms with E-state index >= 15 is 0 Å². The summed E-state index contributed by atoms with van der Waals surface area (Å²) in [5.74, 6) is 0. The smallest absolute Gasteiger partial charge is 0.109 e. The first-order chi connectivity index (χ1) is 9.84. The van der Waals surface area contributed by atoms with Gasteiger partial charge in [0.05, 0.1) is 6.07 Å². The molecule has 3 nitrogen and oxygen atoms in total. The van der Waals surface area contributed by atoms with E-state index in [9.17, 15) is 5.26 Å². The van der Waals surface area contributed by atoms with Gasteiger partial charge in [0, 0.05) is 31.9 Å². The van der Waals surface area contributed by atoms with Gasteiger partial charge in [0.1, 0.15) is 5.54 Å². The minimum absolute atomic E-state index is 0.166. The Hall–Kier alpha value is -1.53. The van der Waals surface area contributed by atoms with E-state index in [4.69, 9.17) is 0 Å². The summed E-state index contributed by atoms with van der Waals surface area (Å²) in [6, 6.07) is 13.3. The van der Waals surface area contributed by atoms with Gasteiger partial charge < -0.3 is 4.90 Å². The highest BCUT2D eigenvalue weighted by molar-refractivity contribution is 5.46. The summed E-state index contributed by atoms with van der Waals surface area (Å²) in [6.45, 7) is 4.10. The van der Waals surface area contributed by atoms with Crippen molar-refractivity contribution < 1.29 is 0 Å². The summed E-state index contributed by atoms with van der Waals surface area (Å²) < 4.78 is 0. The Labute approximate surface area is 121 Å². The van der Waals surface area contributed by atoms with Crippen LogP contribution >= 0.6 is 0 Å². The molecule has 20 heavy (non-hydrogen) atoms. The van der Waals surface area contributed by atoms with Crippen LogP contribution < -0.4 is 4.90 Å². The van der Waals surface area contributed by atoms with Crippen molar-refractivity contribution in [2.24, 2.45) is 0 Å². The molecule has 0 bridgehead atoms. The normalized spacial score (nSPS) is 23.2. The average Bonchev–Trinajstić information content (AvgIpc) is 2.56. The van der Waals surface area contributed by atoms with E-state index in [1.165, 1.54) is 24.9 Å². The molecule has 0 radical (unpaired) electrons. The molecular weight excluding hydrogens is 246 g/mol. The van der Waals surface area contributed by atoms with Crippen molar-refractivity contribution in [3.8, 4) is 6.07 Å². The van der Waals surface area contributed by atoms with E-state index in [0.717, 1.165) is 39.0 Å². The molecule has 1 aromatic rings. The van der Waals surface area contributed by atoms with Gasteiger partial charge in [-0.15, -0.1) is 0 Å². The van der Waals surface area contributed by atoms with Crippen molar-refractivity contribution in [1.82, 2.24) is 4.90 Å². The zero-order chi connectivity index (χ0) is 13.8. The van der Waals surface area contributed by atoms with Crippen LogP contribution in [-0.2, 0) is 0 Å². The maximum atomic E-state index is 9.67. The van der Waals surface area contributed by atoms with Gasteiger partial charge in [-0.1, -0.05) is 37.5 Å². The van der Waals surface area contributed by atoms with Crippen LogP contribution in [0.4, 0.5) is 5.69 Å². The molecule has 0 spiro atoms. The number of hydrogen-bond acceptors (Lipinski definition) is 3. The second kappa shape index (κ2) is 5.85. The van der Waals surface area contributed by atoms with Crippen molar-refractivity contribution in [2.75, 3.05) is 31.1 Å². The number of anilines is 1. The fourth-order valence-corrected chi connectivity index (χ4v) is 3.67. The van der Waals surface area contributed by atoms with Crippen LogP contribution in [0.3, 0.4) is 0 Å². The number of piperazine rings is 1. The highest BCUT2D eigenvalue weighted by Crippen LogP contribution is 2.34. The Morgan fingerprint density at radius 1 is 0.900 bits per heavy atom. The molecule has 3 heteroatoms. The molecule has 0 atom stereocenters. The number of nitrogens with zero attached hydrogens (tertiary/aromatic N) is 3. The molecule has 0 aromatic heterocycles. The first kappa shape index (κ1) is 13.5. The maximum Gasteiger partial charge on any atom is 0.109 e. The lowest BCUT2D eigenvalue weighted by Gasteiger charge is -2.46. The fraction of sp³-hybridized carbons (Fsp3) is 0.588. The largest absolute Gasteiger partial charge is 0.369 e. The molecule has 3 rings (SSSR count). The van der Waals surface area contributed by atoms with E-state index < -0.39 is 0 Å². The molecule has 1 heterocycles. The minimum Gasteiger partial charge on any atom is -0.369 e. The van der Waals surface area contributed by atoms with Gasteiger partial charge in [0.2, 0.25) is 0 Å². The van der Waals surface area contributed by atoms with Crippen molar-refractivity contribution in [3.63, 3.8) is 0 Å². The Morgan fingerprint density at radius 2 is 1.55 bits per heavy atom.